The normalized spacial score (nSPS) is 12.6. The van der Waals surface area contributed by atoms with Gasteiger partial charge in [0, 0.05) is 6.04 Å². The number of hydrogen-bond acceptors (Lipinski definition) is 2. The average Bonchev–Trinajstić information content (AvgIpc) is 2.78. The van der Waals surface area contributed by atoms with Gasteiger partial charge in [-0.25, -0.2) is 0 Å². The summed E-state index contributed by atoms with van der Waals surface area (Å²) in [6.07, 6.45) is 1.07. The largest absolute Gasteiger partial charge is 0.465 e. The third-order valence-corrected chi connectivity index (χ3v) is 3.21. The standard InChI is InChI=1S/C16H21NO/c1-4-16(14-8-5-12(2)6-9-14)17-11-15-10-7-13(3)18-15/h5-10,16-17H,4,11H2,1-3H3. The number of rotatable bonds is 5. The van der Waals surface area contributed by atoms with Gasteiger partial charge in [-0.1, -0.05) is 36.8 Å². The van der Waals surface area contributed by atoms with Crippen molar-refractivity contribution in [1.82, 2.24) is 5.32 Å². The Morgan fingerprint density at radius 2 is 1.78 bits per heavy atom. The molecule has 2 aromatic rings. The van der Waals surface area contributed by atoms with Gasteiger partial charge in [-0.15, -0.1) is 0 Å². The van der Waals surface area contributed by atoms with E-state index in [9.17, 15) is 0 Å². The Hall–Kier alpha value is -1.54. The molecule has 0 saturated carbocycles. The van der Waals surface area contributed by atoms with Crippen LogP contribution in [0.25, 0.3) is 0 Å². The number of hydrogen-bond donors (Lipinski definition) is 1. The molecule has 2 nitrogen and oxygen atoms in total. The lowest BCUT2D eigenvalue weighted by molar-refractivity contribution is 0.431. The van der Waals surface area contributed by atoms with Crippen molar-refractivity contribution in [1.29, 1.82) is 0 Å². The predicted octanol–water partition coefficient (Wildman–Crippen LogP) is 4.14. The van der Waals surface area contributed by atoms with Gasteiger partial charge in [0.15, 0.2) is 0 Å². The van der Waals surface area contributed by atoms with E-state index in [1.54, 1.807) is 0 Å². The van der Waals surface area contributed by atoms with Crippen molar-refractivity contribution in [3.05, 3.63) is 59.0 Å². The van der Waals surface area contributed by atoms with E-state index in [-0.39, 0.29) is 0 Å². The minimum Gasteiger partial charge on any atom is -0.465 e. The summed E-state index contributed by atoms with van der Waals surface area (Å²) in [6, 6.07) is 13.1. The van der Waals surface area contributed by atoms with Gasteiger partial charge in [-0.3, -0.25) is 0 Å². The Balaban J connectivity index is 1.99. The molecule has 1 N–H and O–H groups in total. The molecule has 0 saturated heterocycles. The van der Waals surface area contributed by atoms with Crippen LogP contribution in [0.1, 0.15) is 42.0 Å². The first kappa shape index (κ1) is 12.9. The molecule has 1 unspecified atom stereocenters. The summed E-state index contributed by atoms with van der Waals surface area (Å²) in [5, 5.41) is 3.54. The van der Waals surface area contributed by atoms with Crippen molar-refractivity contribution >= 4 is 0 Å². The first-order valence-corrected chi connectivity index (χ1v) is 6.54. The van der Waals surface area contributed by atoms with E-state index in [2.05, 4.69) is 43.4 Å². The fraction of sp³-hybridized carbons (Fsp3) is 0.375. The number of furan rings is 1. The van der Waals surface area contributed by atoms with Crippen LogP contribution >= 0.6 is 0 Å². The maximum atomic E-state index is 5.57. The lowest BCUT2D eigenvalue weighted by atomic mass is 10.0. The van der Waals surface area contributed by atoms with Gasteiger partial charge in [0.2, 0.25) is 0 Å². The zero-order valence-corrected chi connectivity index (χ0v) is 11.4. The molecule has 0 bridgehead atoms. The minimum absolute atomic E-state index is 0.385. The van der Waals surface area contributed by atoms with Crippen molar-refractivity contribution in [2.24, 2.45) is 0 Å². The number of aryl methyl sites for hydroxylation is 2. The van der Waals surface area contributed by atoms with Crippen LogP contribution in [0.15, 0.2) is 40.8 Å². The highest BCUT2D eigenvalue weighted by atomic mass is 16.3. The smallest absolute Gasteiger partial charge is 0.117 e. The highest BCUT2D eigenvalue weighted by molar-refractivity contribution is 5.24. The lowest BCUT2D eigenvalue weighted by Crippen LogP contribution is -2.19. The maximum Gasteiger partial charge on any atom is 0.117 e. The van der Waals surface area contributed by atoms with Crippen LogP contribution in [0.5, 0.6) is 0 Å². The molecule has 0 aliphatic heterocycles. The third kappa shape index (κ3) is 3.23. The van der Waals surface area contributed by atoms with Gasteiger partial charge in [0.05, 0.1) is 6.54 Å². The summed E-state index contributed by atoms with van der Waals surface area (Å²) < 4.78 is 5.57. The van der Waals surface area contributed by atoms with Crippen LogP contribution in [0.4, 0.5) is 0 Å². The summed E-state index contributed by atoms with van der Waals surface area (Å²) in [6.45, 7) is 7.07. The van der Waals surface area contributed by atoms with Crippen molar-refractivity contribution < 1.29 is 4.42 Å². The van der Waals surface area contributed by atoms with Gasteiger partial charge in [-0.2, -0.15) is 0 Å². The summed E-state index contributed by atoms with van der Waals surface area (Å²) >= 11 is 0. The molecular formula is C16H21NO. The fourth-order valence-electron chi connectivity index (χ4n) is 2.10. The van der Waals surface area contributed by atoms with E-state index in [0.29, 0.717) is 6.04 Å². The lowest BCUT2D eigenvalue weighted by Gasteiger charge is -2.16. The zero-order valence-electron chi connectivity index (χ0n) is 11.4. The van der Waals surface area contributed by atoms with Crippen LogP contribution in [-0.4, -0.2) is 0 Å². The Morgan fingerprint density at radius 1 is 1.06 bits per heavy atom. The van der Waals surface area contributed by atoms with E-state index in [4.69, 9.17) is 4.42 Å². The highest BCUT2D eigenvalue weighted by Gasteiger charge is 2.09. The van der Waals surface area contributed by atoms with Crippen LogP contribution in [0, 0.1) is 13.8 Å². The molecular weight excluding hydrogens is 222 g/mol. The summed E-state index contributed by atoms with van der Waals surface area (Å²) in [5.41, 5.74) is 2.64. The zero-order chi connectivity index (χ0) is 13.0. The predicted molar refractivity (Wildman–Crippen MR) is 74.5 cm³/mol. The monoisotopic (exact) mass is 243 g/mol. The summed E-state index contributed by atoms with van der Waals surface area (Å²) in [5.74, 6) is 1.97. The fourth-order valence-corrected chi connectivity index (χ4v) is 2.10. The molecule has 1 aromatic heterocycles. The highest BCUT2D eigenvalue weighted by Crippen LogP contribution is 2.18. The molecule has 18 heavy (non-hydrogen) atoms. The van der Waals surface area contributed by atoms with Crippen LogP contribution in [0.2, 0.25) is 0 Å². The number of nitrogens with one attached hydrogen (secondary N) is 1. The molecule has 2 rings (SSSR count). The molecule has 0 aliphatic carbocycles. The SMILES string of the molecule is CCC(NCc1ccc(C)o1)c1ccc(C)cc1. The first-order chi connectivity index (χ1) is 8.69. The number of benzene rings is 1. The molecule has 1 atom stereocenters. The molecule has 1 heterocycles. The van der Waals surface area contributed by atoms with Gasteiger partial charge in [-0.05, 0) is 38.0 Å². The van der Waals surface area contributed by atoms with Crippen molar-refractivity contribution in [2.75, 3.05) is 0 Å². The van der Waals surface area contributed by atoms with Crippen LogP contribution < -0.4 is 5.32 Å². The van der Waals surface area contributed by atoms with E-state index < -0.39 is 0 Å². The van der Waals surface area contributed by atoms with E-state index in [0.717, 1.165) is 24.5 Å². The molecule has 0 radical (unpaired) electrons. The second-order valence-corrected chi connectivity index (χ2v) is 4.76. The van der Waals surface area contributed by atoms with Crippen molar-refractivity contribution in [3.8, 4) is 0 Å². The van der Waals surface area contributed by atoms with Gasteiger partial charge in [0.25, 0.3) is 0 Å². The average molecular weight is 243 g/mol. The second kappa shape index (κ2) is 5.87. The van der Waals surface area contributed by atoms with Gasteiger partial charge < -0.3 is 9.73 Å². The third-order valence-electron chi connectivity index (χ3n) is 3.21. The summed E-state index contributed by atoms with van der Waals surface area (Å²) in [7, 11) is 0. The van der Waals surface area contributed by atoms with E-state index in [1.807, 2.05) is 19.1 Å². The van der Waals surface area contributed by atoms with Crippen LogP contribution in [0.3, 0.4) is 0 Å². The van der Waals surface area contributed by atoms with Crippen molar-refractivity contribution in [2.45, 2.75) is 39.8 Å². The molecule has 96 valence electrons. The van der Waals surface area contributed by atoms with Gasteiger partial charge in [0.1, 0.15) is 11.5 Å². The molecule has 0 aliphatic rings. The molecule has 0 amide bonds. The second-order valence-electron chi connectivity index (χ2n) is 4.76. The maximum absolute atomic E-state index is 5.57. The van der Waals surface area contributed by atoms with Gasteiger partial charge >= 0.3 is 0 Å². The molecule has 1 aromatic carbocycles. The molecule has 2 heteroatoms. The molecule has 0 spiro atoms. The van der Waals surface area contributed by atoms with Crippen LogP contribution in [-0.2, 0) is 6.54 Å². The van der Waals surface area contributed by atoms with Crippen molar-refractivity contribution in [3.63, 3.8) is 0 Å². The Morgan fingerprint density at radius 3 is 2.33 bits per heavy atom. The Labute approximate surface area is 109 Å². The minimum atomic E-state index is 0.385. The molecule has 0 fully saturated rings. The summed E-state index contributed by atoms with van der Waals surface area (Å²) in [4.78, 5) is 0. The Bertz CT molecular complexity index is 484. The quantitative estimate of drug-likeness (QED) is 0.854. The van der Waals surface area contributed by atoms with E-state index >= 15 is 0 Å². The van der Waals surface area contributed by atoms with E-state index in [1.165, 1.54) is 11.1 Å². The first-order valence-electron chi connectivity index (χ1n) is 6.54. The topological polar surface area (TPSA) is 25.2 Å². The Kier molecular flexibility index (Phi) is 4.21.